The van der Waals surface area contributed by atoms with E-state index in [9.17, 15) is 4.79 Å². The molecular formula is C25H26N6O2. The van der Waals surface area contributed by atoms with E-state index in [0.717, 1.165) is 60.6 Å². The maximum atomic E-state index is 11.1. The first-order chi connectivity index (χ1) is 16.0. The number of rotatable bonds is 5. The quantitative estimate of drug-likeness (QED) is 0.489. The van der Waals surface area contributed by atoms with Gasteiger partial charge in [-0.2, -0.15) is 0 Å². The highest BCUT2D eigenvalue weighted by atomic mass is 16.4. The zero-order valence-electron chi connectivity index (χ0n) is 18.5. The number of carbonyl (C=O) groups is 1. The summed E-state index contributed by atoms with van der Waals surface area (Å²) in [6, 6.07) is 15.2. The standard InChI is InChI=1S/C25H26N6O2/c1-29-20(14-22-21(8-9-27-24(22)29)18-4-7-23(26)28-15-18)16-30-10-12-31(13-11-30)19-5-2-17(3-6-19)25(32)33/h2-9,14-15H,10-13,16H2,1H3,(H2,26,28)(H,32,33). The van der Waals surface area contributed by atoms with Gasteiger partial charge in [0.05, 0.1) is 5.56 Å². The molecular weight excluding hydrogens is 416 g/mol. The summed E-state index contributed by atoms with van der Waals surface area (Å²) < 4.78 is 2.17. The van der Waals surface area contributed by atoms with Crippen molar-refractivity contribution < 1.29 is 9.90 Å². The van der Waals surface area contributed by atoms with Crippen molar-refractivity contribution in [1.82, 2.24) is 19.4 Å². The molecule has 8 nitrogen and oxygen atoms in total. The number of hydrogen-bond acceptors (Lipinski definition) is 6. The minimum atomic E-state index is -0.897. The van der Waals surface area contributed by atoms with Crippen LogP contribution in [0.3, 0.4) is 0 Å². The molecule has 0 unspecified atom stereocenters. The largest absolute Gasteiger partial charge is 0.478 e. The first-order valence-electron chi connectivity index (χ1n) is 11.0. The molecule has 1 aromatic carbocycles. The van der Waals surface area contributed by atoms with Gasteiger partial charge in [-0.3, -0.25) is 4.90 Å². The van der Waals surface area contributed by atoms with Gasteiger partial charge in [0, 0.05) is 74.5 Å². The summed E-state index contributed by atoms with van der Waals surface area (Å²) in [6.07, 6.45) is 3.64. The zero-order chi connectivity index (χ0) is 22.9. The predicted octanol–water partition coefficient (Wildman–Crippen LogP) is 3.24. The van der Waals surface area contributed by atoms with Crippen LogP contribution in [0.5, 0.6) is 0 Å². The fourth-order valence-electron chi connectivity index (χ4n) is 4.45. The smallest absolute Gasteiger partial charge is 0.335 e. The first-order valence-corrected chi connectivity index (χ1v) is 11.0. The molecule has 3 N–H and O–H groups in total. The van der Waals surface area contributed by atoms with Crippen LogP contribution in [-0.2, 0) is 13.6 Å². The molecule has 0 atom stereocenters. The second-order valence-electron chi connectivity index (χ2n) is 8.38. The van der Waals surface area contributed by atoms with E-state index in [1.54, 1.807) is 18.3 Å². The summed E-state index contributed by atoms with van der Waals surface area (Å²) >= 11 is 0. The number of nitrogen functional groups attached to an aromatic ring is 1. The minimum Gasteiger partial charge on any atom is -0.478 e. The second-order valence-corrected chi connectivity index (χ2v) is 8.38. The number of anilines is 2. The highest BCUT2D eigenvalue weighted by Gasteiger charge is 2.20. The third-order valence-electron chi connectivity index (χ3n) is 6.36. The Morgan fingerprint density at radius 1 is 1.03 bits per heavy atom. The second kappa shape index (κ2) is 8.55. The highest BCUT2D eigenvalue weighted by molar-refractivity contribution is 5.93. The van der Waals surface area contributed by atoms with Crippen LogP contribution in [0, 0.1) is 0 Å². The van der Waals surface area contributed by atoms with Crippen molar-refractivity contribution in [1.29, 1.82) is 0 Å². The molecule has 0 bridgehead atoms. The van der Waals surface area contributed by atoms with Crippen molar-refractivity contribution in [2.45, 2.75) is 6.54 Å². The molecule has 1 aliphatic heterocycles. The van der Waals surface area contributed by atoms with Gasteiger partial charge in [0.25, 0.3) is 0 Å². The Morgan fingerprint density at radius 3 is 2.45 bits per heavy atom. The van der Waals surface area contributed by atoms with Crippen molar-refractivity contribution >= 4 is 28.5 Å². The Morgan fingerprint density at radius 2 is 1.79 bits per heavy atom. The van der Waals surface area contributed by atoms with Crippen molar-refractivity contribution in [3.63, 3.8) is 0 Å². The lowest BCUT2D eigenvalue weighted by atomic mass is 10.1. The number of aromatic carboxylic acids is 1. The number of aromatic nitrogens is 3. The van der Waals surface area contributed by atoms with Crippen LogP contribution in [0.15, 0.2) is 60.9 Å². The molecule has 4 aromatic rings. The molecule has 0 spiro atoms. The number of benzene rings is 1. The topological polar surface area (TPSA) is 101 Å². The maximum absolute atomic E-state index is 11.1. The SMILES string of the molecule is Cn1c(CN2CCN(c3ccc(C(=O)O)cc3)CC2)cc2c(-c3ccc(N)nc3)ccnc21. The lowest BCUT2D eigenvalue weighted by Crippen LogP contribution is -2.46. The molecule has 1 saturated heterocycles. The highest BCUT2D eigenvalue weighted by Crippen LogP contribution is 2.30. The summed E-state index contributed by atoms with van der Waals surface area (Å²) in [7, 11) is 2.07. The lowest BCUT2D eigenvalue weighted by molar-refractivity contribution is 0.0697. The van der Waals surface area contributed by atoms with Crippen LogP contribution in [0.1, 0.15) is 16.1 Å². The number of nitrogens with zero attached hydrogens (tertiary/aromatic N) is 5. The summed E-state index contributed by atoms with van der Waals surface area (Å²) in [5, 5.41) is 10.2. The number of pyridine rings is 2. The molecule has 3 aromatic heterocycles. The van der Waals surface area contributed by atoms with Gasteiger partial charge in [-0.15, -0.1) is 0 Å². The van der Waals surface area contributed by atoms with E-state index in [-0.39, 0.29) is 0 Å². The van der Waals surface area contributed by atoms with Crippen molar-refractivity contribution in [2.24, 2.45) is 7.05 Å². The molecule has 0 aliphatic carbocycles. The average Bonchev–Trinajstić information content (AvgIpc) is 3.15. The van der Waals surface area contributed by atoms with Crippen molar-refractivity contribution in [3.8, 4) is 11.1 Å². The van der Waals surface area contributed by atoms with Gasteiger partial charge in [0.2, 0.25) is 0 Å². The molecule has 0 amide bonds. The average molecular weight is 443 g/mol. The monoisotopic (exact) mass is 442 g/mol. The molecule has 1 aliphatic rings. The Labute approximate surface area is 191 Å². The molecule has 168 valence electrons. The van der Waals surface area contributed by atoms with Gasteiger partial charge in [0.1, 0.15) is 11.5 Å². The predicted molar refractivity (Wildman–Crippen MR) is 129 cm³/mol. The Bertz CT molecular complexity index is 1290. The van der Waals surface area contributed by atoms with Gasteiger partial charge in [0.15, 0.2) is 0 Å². The van der Waals surface area contributed by atoms with Crippen molar-refractivity contribution in [3.05, 3.63) is 72.2 Å². The number of piperazine rings is 1. The van der Waals surface area contributed by atoms with Crippen LogP contribution in [0.4, 0.5) is 11.5 Å². The number of nitrogens with two attached hydrogens (primary N) is 1. The fourth-order valence-corrected chi connectivity index (χ4v) is 4.45. The molecule has 0 saturated carbocycles. The molecule has 5 rings (SSSR count). The van der Waals surface area contributed by atoms with Crippen LogP contribution in [0.2, 0.25) is 0 Å². The molecule has 0 radical (unpaired) electrons. The summed E-state index contributed by atoms with van der Waals surface area (Å²) in [5.41, 5.74) is 11.4. The summed E-state index contributed by atoms with van der Waals surface area (Å²) in [5.74, 6) is -0.388. The van der Waals surface area contributed by atoms with E-state index >= 15 is 0 Å². The van der Waals surface area contributed by atoms with E-state index in [1.165, 1.54) is 5.69 Å². The van der Waals surface area contributed by atoms with E-state index in [1.807, 2.05) is 36.5 Å². The number of carboxylic acid groups (broad SMARTS) is 1. The first kappa shape index (κ1) is 21.0. The van der Waals surface area contributed by atoms with E-state index in [0.29, 0.717) is 11.4 Å². The molecule has 4 heterocycles. The summed E-state index contributed by atoms with van der Waals surface area (Å²) in [4.78, 5) is 24.7. The maximum Gasteiger partial charge on any atom is 0.335 e. The Hall–Kier alpha value is -3.91. The normalized spacial score (nSPS) is 14.6. The Kier molecular flexibility index (Phi) is 5.43. The lowest BCUT2D eigenvalue weighted by Gasteiger charge is -2.36. The molecule has 33 heavy (non-hydrogen) atoms. The van der Waals surface area contributed by atoms with Crippen LogP contribution in [0.25, 0.3) is 22.2 Å². The van der Waals surface area contributed by atoms with Gasteiger partial charge < -0.3 is 20.3 Å². The number of hydrogen-bond donors (Lipinski definition) is 2. The minimum absolute atomic E-state index is 0.316. The zero-order valence-corrected chi connectivity index (χ0v) is 18.5. The van der Waals surface area contributed by atoms with Gasteiger partial charge in [-0.1, -0.05) is 0 Å². The summed E-state index contributed by atoms with van der Waals surface area (Å²) in [6.45, 7) is 4.51. The number of carboxylic acids is 1. The van der Waals surface area contributed by atoms with Gasteiger partial charge >= 0.3 is 5.97 Å². The molecule has 1 fully saturated rings. The third kappa shape index (κ3) is 4.12. The Balaban J connectivity index is 1.31. The number of aryl methyl sites for hydroxylation is 1. The molecule has 8 heteroatoms. The fraction of sp³-hybridized carbons (Fsp3) is 0.240. The van der Waals surface area contributed by atoms with E-state index in [2.05, 4.69) is 37.4 Å². The van der Waals surface area contributed by atoms with Crippen LogP contribution >= 0.6 is 0 Å². The van der Waals surface area contributed by atoms with Gasteiger partial charge in [-0.25, -0.2) is 14.8 Å². The van der Waals surface area contributed by atoms with Gasteiger partial charge in [-0.05, 0) is 54.1 Å². The number of fused-ring (bicyclic) bond motifs is 1. The van der Waals surface area contributed by atoms with E-state index in [4.69, 9.17) is 10.8 Å². The van der Waals surface area contributed by atoms with Crippen molar-refractivity contribution in [2.75, 3.05) is 36.8 Å². The van der Waals surface area contributed by atoms with Crippen LogP contribution < -0.4 is 10.6 Å². The third-order valence-corrected chi connectivity index (χ3v) is 6.36. The van der Waals surface area contributed by atoms with Crippen LogP contribution in [-0.4, -0.2) is 56.7 Å². The van der Waals surface area contributed by atoms with E-state index < -0.39 is 5.97 Å².